The zero-order valence-electron chi connectivity index (χ0n) is 13.5. The van der Waals surface area contributed by atoms with Gasteiger partial charge in [-0.2, -0.15) is 0 Å². The third-order valence-electron chi connectivity index (χ3n) is 4.04. The average molecular weight is 371 g/mol. The van der Waals surface area contributed by atoms with Gasteiger partial charge in [0.2, 0.25) is 0 Å². The molecule has 0 aliphatic carbocycles. The molecule has 0 fully saturated rings. The first kappa shape index (κ1) is 16.2. The van der Waals surface area contributed by atoms with Crippen molar-refractivity contribution in [3.05, 3.63) is 76.6 Å². The van der Waals surface area contributed by atoms with Crippen LogP contribution in [0.5, 0.6) is 0 Å². The van der Waals surface area contributed by atoms with Gasteiger partial charge in [-0.15, -0.1) is 0 Å². The van der Waals surface area contributed by atoms with Gasteiger partial charge < -0.3 is 4.74 Å². The Morgan fingerprint density at radius 1 is 1.20 bits per heavy atom. The Labute approximate surface area is 154 Å². The maximum absolute atomic E-state index is 12.2. The van der Waals surface area contributed by atoms with Crippen molar-refractivity contribution in [3.8, 4) is 5.69 Å². The molecule has 3 aromatic rings. The lowest BCUT2D eigenvalue weighted by atomic mass is 10.0. The second-order valence-corrected chi connectivity index (χ2v) is 6.99. The highest BCUT2D eigenvalue weighted by Gasteiger charge is 2.32. The minimum Gasteiger partial charge on any atom is -0.461 e. The van der Waals surface area contributed by atoms with Crippen LogP contribution in [0.25, 0.3) is 5.69 Å². The largest absolute Gasteiger partial charge is 0.461 e. The second kappa shape index (κ2) is 6.58. The maximum atomic E-state index is 12.2. The summed E-state index contributed by atoms with van der Waals surface area (Å²) < 4.78 is 6.90. The van der Waals surface area contributed by atoms with E-state index in [1.807, 2.05) is 41.0 Å². The molecule has 0 saturated heterocycles. The quantitative estimate of drug-likeness (QED) is 0.615. The van der Waals surface area contributed by atoms with Crippen molar-refractivity contribution < 1.29 is 9.53 Å². The van der Waals surface area contributed by atoms with Crippen LogP contribution in [0.2, 0.25) is 5.15 Å². The fourth-order valence-corrected chi connectivity index (χ4v) is 4.57. The number of esters is 1. The van der Waals surface area contributed by atoms with Crippen molar-refractivity contribution in [1.29, 1.82) is 0 Å². The number of fused-ring (bicyclic) bond motifs is 3. The smallest absolute Gasteiger partial charge is 0.360 e. The van der Waals surface area contributed by atoms with Gasteiger partial charge in [0.1, 0.15) is 5.15 Å². The minimum absolute atomic E-state index is 0.0958. The molecular weight excluding hydrogens is 356 g/mol. The SMILES string of the molecule is CCOC(=O)c1nc2n(c1Cl)-c1ccccc1C(c1ccccc1)S2. The number of benzene rings is 2. The third-order valence-corrected chi connectivity index (χ3v) is 5.64. The Bertz CT molecular complexity index is 940. The van der Waals surface area contributed by atoms with Gasteiger partial charge in [0.25, 0.3) is 0 Å². The molecule has 126 valence electrons. The number of halogens is 1. The highest BCUT2D eigenvalue weighted by atomic mass is 35.5. The topological polar surface area (TPSA) is 44.1 Å². The van der Waals surface area contributed by atoms with E-state index in [1.165, 1.54) is 5.56 Å². The van der Waals surface area contributed by atoms with Crippen molar-refractivity contribution in [2.24, 2.45) is 0 Å². The molecule has 1 aromatic heterocycles. The van der Waals surface area contributed by atoms with E-state index in [9.17, 15) is 4.79 Å². The Balaban J connectivity index is 1.87. The molecule has 0 bridgehead atoms. The predicted octanol–water partition coefficient (Wildman–Crippen LogP) is 4.90. The normalized spacial score (nSPS) is 15.4. The fraction of sp³-hybridized carbons (Fsp3) is 0.158. The molecule has 2 heterocycles. The molecule has 0 saturated carbocycles. The van der Waals surface area contributed by atoms with Crippen LogP contribution in [0.4, 0.5) is 0 Å². The Hall–Kier alpha value is -2.24. The van der Waals surface area contributed by atoms with Crippen LogP contribution in [0.15, 0.2) is 59.8 Å². The molecule has 0 N–H and O–H groups in total. The van der Waals surface area contributed by atoms with E-state index < -0.39 is 5.97 Å². The number of para-hydroxylation sites is 1. The summed E-state index contributed by atoms with van der Waals surface area (Å²) in [7, 11) is 0. The average Bonchev–Trinajstić information content (AvgIpc) is 2.99. The van der Waals surface area contributed by atoms with Gasteiger partial charge >= 0.3 is 5.97 Å². The Kier molecular flexibility index (Phi) is 4.27. The summed E-state index contributed by atoms with van der Waals surface area (Å²) >= 11 is 8.06. The highest BCUT2D eigenvalue weighted by molar-refractivity contribution is 7.99. The predicted molar refractivity (Wildman–Crippen MR) is 98.7 cm³/mol. The van der Waals surface area contributed by atoms with E-state index in [0.29, 0.717) is 10.3 Å². The lowest BCUT2D eigenvalue weighted by molar-refractivity contribution is 0.0520. The van der Waals surface area contributed by atoms with E-state index >= 15 is 0 Å². The zero-order chi connectivity index (χ0) is 17.4. The number of imidazole rings is 1. The summed E-state index contributed by atoms with van der Waals surface area (Å²) in [5.74, 6) is -0.497. The van der Waals surface area contributed by atoms with Gasteiger partial charge in [0.15, 0.2) is 10.9 Å². The number of aromatic nitrogens is 2. The number of carbonyl (C=O) groups is 1. The number of carbonyl (C=O) groups excluding carboxylic acids is 1. The molecule has 1 aliphatic heterocycles. The minimum atomic E-state index is -0.497. The number of hydrogen-bond acceptors (Lipinski definition) is 4. The molecule has 6 heteroatoms. The van der Waals surface area contributed by atoms with Crippen molar-refractivity contribution in [2.45, 2.75) is 17.3 Å². The lowest BCUT2D eigenvalue weighted by Gasteiger charge is -2.26. The number of thioether (sulfide) groups is 1. The zero-order valence-corrected chi connectivity index (χ0v) is 15.1. The molecule has 4 rings (SSSR count). The van der Waals surface area contributed by atoms with Gasteiger partial charge in [-0.1, -0.05) is 71.9 Å². The summed E-state index contributed by atoms with van der Waals surface area (Å²) in [6.45, 7) is 2.05. The summed E-state index contributed by atoms with van der Waals surface area (Å²) in [6, 6.07) is 18.3. The first-order chi connectivity index (χ1) is 12.2. The Morgan fingerprint density at radius 2 is 1.92 bits per heavy atom. The summed E-state index contributed by atoms with van der Waals surface area (Å²) in [6.07, 6.45) is 0. The third kappa shape index (κ3) is 2.73. The van der Waals surface area contributed by atoms with Crippen LogP contribution >= 0.6 is 23.4 Å². The summed E-state index contributed by atoms with van der Waals surface area (Å²) in [4.78, 5) is 16.6. The van der Waals surface area contributed by atoms with Crippen LogP contribution in [-0.2, 0) is 4.74 Å². The van der Waals surface area contributed by atoms with E-state index in [4.69, 9.17) is 16.3 Å². The van der Waals surface area contributed by atoms with Crippen LogP contribution in [0.3, 0.4) is 0 Å². The first-order valence-electron chi connectivity index (χ1n) is 7.97. The fourth-order valence-electron chi connectivity index (χ4n) is 2.96. The number of ether oxygens (including phenoxy) is 1. The first-order valence-corrected chi connectivity index (χ1v) is 9.22. The maximum Gasteiger partial charge on any atom is 0.360 e. The van der Waals surface area contributed by atoms with E-state index in [2.05, 4.69) is 23.2 Å². The van der Waals surface area contributed by atoms with Crippen LogP contribution in [-0.4, -0.2) is 22.1 Å². The van der Waals surface area contributed by atoms with Crippen molar-refractivity contribution >= 4 is 29.3 Å². The van der Waals surface area contributed by atoms with Crippen molar-refractivity contribution in [2.75, 3.05) is 6.61 Å². The van der Waals surface area contributed by atoms with Crippen molar-refractivity contribution in [1.82, 2.24) is 9.55 Å². The molecule has 4 nitrogen and oxygen atoms in total. The van der Waals surface area contributed by atoms with Crippen LogP contribution in [0, 0.1) is 0 Å². The molecule has 0 radical (unpaired) electrons. The molecular formula is C19H15ClN2O2S. The molecule has 0 amide bonds. The van der Waals surface area contributed by atoms with Crippen LogP contribution in [0.1, 0.15) is 33.8 Å². The molecule has 1 aliphatic rings. The number of hydrogen-bond donors (Lipinski definition) is 0. The Morgan fingerprint density at radius 3 is 2.68 bits per heavy atom. The standard InChI is InChI=1S/C19H15ClN2O2S/c1-2-24-18(23)15-17(20)22-14-11-7-6-10-13(14)16(25-19(22)21-15)12-8-4-3-5-9-12/h3-11,16H,2H2,1H3. The van der Waals surface area contributed by atoms with Gasteiger partial charge in [-0.05, 0) is 24.1 Å². The monoisotopic (exact) mass is 370 g/mol. The molecule has 2 aromatic carbocycles. The van der Waals surface area contributed by atoms with E-state index in [-0.39, 0.29) is 17.6 Å². The number of rotatable bonds is 3. The van der Waals surface area contributed by atoms with Gasteiger partial charge in [0.05, 0.1) is 17.5 Å². The highest BCUT2D eigenvalue weighted by Crippen LogP contribution is 2.48. The van der Waals surface area contributed by atoms with Crippen LogP contribution < -0.4 is 0 Å². The second-order valence-electron chi connectivity index (χ2n) is 5.56. The molecule has 0 spiro atoms. The van der Waals surface area contributed by atoms with Gasteiger partial charge in [-0.25, -0.2) is 9.78 Å². The van der Waals surface area contributed by atoms with E-state index in [0.717, 1.165) is 11.3 Å². The summed E-state index contributed by atoms with van der Waals surface area (Å²) in [5.41, 5.74) is 3.43. The molecule has 25 heavy (non-hydrogen) atoms. The lowest BCUT2D eigenvalue weighted by Crippen LogP contribution is -2.11. The molecule has 1 atom stereocenters. The summed E-state index contributed by atoms with van der Waals surface area (Å²) in [5, 5.41) is 1.08. The van der Waals surface area contributed by atoms with Gasteiger partial charge in [-0.3, -0.25) is 4.57 Å². The molecule has 1 unspecified atom stereocenters. The van der Waals surface area contributed by atoms with E-state index in [1.54, 1.807) is 18.7 Å². The van der Waals surface area contributed by atoms with Crippen molar-refractivity contribution in [3.63, 3.8) is 0 Å². The van der Waals surface area contributed by atoms with Gasteiger partial charge in [0, 0.05) is 0 Å². The number of nitrogens with zero attached hydrogens (tertiary/aromatic N) is 2.